The Labute approximate surface area is 192 Å². The second-order valence-corrected chi connectivity index (χ2v) is 8.51. The van der Waals surface area contributed by atoms with Crippen molar-refractivity contribution in [2.24, 2.45) is 0 Å². The summed E-state index contributed by atoms with van der Waals surface area (Å²) in [6.07, 6.45) is 0. The molecular weight excluding hydrogens is 416 g/mol. The third-order valence-corrected chi connectivity index (χ3v) is 6.19. The lowest BCUT2D eigenvalue weighted by molar-refractivity contribution is -0.130. The van der Waals surface area contributed by atoms with Crippen LogP contribution in [0, 0.1) is 32.1 Å². The minimum absolute atomic E-state index is 0.311. The number of imide groups is 1. The summed E-state index contributed by atoms with van der Waals surface area (Å²) in [4.78, 5) is 40.0. The van der Waals surface area contributed by atoms with Gasteiger partial charge in [-0.1, -0.05) is 29.8 Å². The third-order valence-electron chi connectivity index (χ3n) is 6.19. The van der Waals surface area contributed by atoms with Crippen LogP contribution in [-0.4, -0.2) is 33.7 Å². The highest BCUT2D eigenvalue weighted by Gasteiger charge is 2.49. The van der Waals surface area contributed by atoms with Gasteiger partial charge in [0.05, 0.1) is 18.2 Å². The normalized spacial score (nSPS) is 17.7. The van der Waals surface area contributed by atoms with E-state index >= 15 is 0 Å². The monoisotopic (exact) mass is 440 g/mol. The summed E-state index contributed by atoms with van der Waals surface area (Å²) in [6.45, 7) is 7.03. The smallest absolute Gasteiger partial charge is 0.319 e. The molecule has 0 spiro atoms. The summed E-state index contributed by atoms with van der Waals surface area (Å²) in [6, 6.07) is 17.6. The number of aromatic nitrogens is 1. The first-order chi connectivity index (χ1) is 15.7. The number of Topliss-reactive ketones (excluding diaryl/α,β-unsaturated/α-hetero) is 1. The summed E-state index contributed by atoms with van der Waals surface area (Å²) in [5.74, 6) is -0.813. The van der Waals surface area contributed by atoms with Crippen molar-refractivity contribution in [3.05, 3.63) is 88.2 Å². The Balaban J connectivity index is 1.59. The number of nitrogens with one attached hydrogen (secondary N) is 1. The van der Waals surface area contributed by atoms with Crippen LogP contribution in [0.15, 0.2) is 54.6 Å². The Morgan fingerprint density at radius 3 is 2.27 bits per heavy atom. The Morgan fingerprint density at radius 2 is 1.67 bits per heavy atom. The van der Waals surface area contributed by atoms with Crippen LogP contribution in [0.3, 0.4) is 0 Å². The van der Waals surface area contributed by atoms with Crippen LogP contribution in [0.4, 0.5) is 4.79 Å². The molecule has 7 nitrogen and oxygen atoms in total. The maximum Gasteiger partial charge on any atom is 0.325 e. The molecule has 3 aromatic rings. The fraction of sp³-hybridized carbons (Fsp3) is 0.231. The zero-order valence-corrected chi connectivity index (χ0v) is 19.0. The van der Waals surface area contributed by atoms with Gasteiger partial charge in [-0.3, -0.25) is 14.5 Å². The molecule has 0 bridgehead atoms. The summed E-state index contributed by atoms with van der Waals surface area (Å²) < 4.78 is 1.99. The highest BCUT2D eigenvalue weighted by atomic mass is 16.2. The standard InChI is InChI=1S/C26H24N4O3/c1-16-5-11-21(12-6-16)30-17(2)13-22(18(30)3)23(31)15-29-24(32)26(4,28-25(29)33)20-9-7-19(14-27)8-10-20/h5-13H,15H2,1-4H3,(H,28,33). The molecular formula is C26H24N4O3. The molecule has 1 fully saturated rings. The van der Waals surface area contributed by atoms with Crippen LogP contribution < -0.4 is 5.32 Å². The van der Waals surface area contributed by atoms with Crippen LogP contribution >= 0.6 is 0 Å². The molecule has 1 aromatic heterocycles. The number of aryl methyl sites for hydroxylation is 2. The lowest BCUT2D eigenvalue weighted by atomic mass is 9.91. The summed E-state index contributed by atoms with van der Waals surface area (Å²) in [5, 5.41) is 11.7. The molecule has 2 aromatic carbocycles. The lowest BCUT2D eigenvalue weighted by Gasteiger charge is -2.22. The van der Waals surface area contributed by atoms with Crippen molar-refractivity contribution in [3.63, 3.8) is 0 Å². The minimum atomic E-state index is -1.30. The molecule has 1 aliphatic heterocycles. The molecule has 7 heteroatoms. The zero-order chi connectivity index (χ0) is 23.9. The van der Waals surface area contributed by atoms with E-state index in [2.05, 4.69) is 5.32 Å². The lowest BCUT2D eigenvalue weighted by Crippen LogP contribution is -2.41. The number of amides is 3. The quantitative estimate of drug-likeness (QED) is 0.480. The van der Waals surface area contributed by atoms with Gasteiger partial charge in [-0.25, -0.2) is 4.79 Å². The summed E-state index contributed by atoms with van der Waals surface area (Å²) in [5.41, 5.74) is 3.90. The topological polar surface area (TPSA) is 95.2 Å². The van der Waals surface area contributed by atoms with E-state index in [1.807, 2.05) is 55.7 Å². The van der Waals surface area contributed by atoms with Crippen molar-refractivity contribution in [2.45, 2.75) is 33.2 Å². The van der Waals surface area contributed by atoms with E-state index in [4.69, 9.17) is 5.26 Å². The molecule has 1 saturated heterocycles. The largest absolute Gasteiger partial charge is 0.325 e. The molecule has 1 N–H and O–H groups in total. The number of urea groups is 1. The molecule has 1 aliphatic rings. The predicted octanol–water partition coefficient (Wildman–Crippen LogP) is 3.92. The van der Waals surface area contributed by atoms with Crippen molar-refractivity contribution in [3.8, 4) is 11.8 Å². The van der Waals surface area contributed by atoms with Gasteiger partial charge in [0.25, 0.3) is 5.91 Å². The first kappa shape index (κ1) is 22.0. The van der Waals surface area contributed by atoms with Crippen molar-refractivity contribution < 1.29 is 14.4 Å². The van der Waals surface area contributed by atoms with Gasteiger partial charge in [0.1, 0.15) is 5.54 Å². The van der Waals surface area contributed by atoms with Crippen molar-refractivity contribution in [1.29, 1.82) is 5.26 Å². The molecule has 4 rings (SSSR count). The molecule has 0 saturated carbocycles. The predicted molar refractivity (Wildman–Crippen MR) is 123 cm³/mol. The van der Waals surface area contributed by atoms with Gasteiger partial charge in [0.2, 0.25) is 0 Å². The fourth-order valence-electron chi connectivity index (χ4n) is 4.28. The maximum absolute atomic E-state index is 13.2. The molecule has 166 valence electrons. The van der Waals surface area contributed by atoms with E-state index in [1.54, 1.807) is 37.3 Å². The Hall–Kier alpha value is -4.18. The average Bonchev–Trinajstić information content (AvgIpc) is 3.22. The minimum Gasteiger partial charge on any atom is -0.319 e. The number of ketones is 1. The van der Waals surface area contributed by atoms with Gasteiger partial charge in [-0.05, 0) is 63.6 Å². The van der Waals surface area contributed by atoms with Crippen molar-refractivity contribution >= 4 is 17.7 Å². The van der Waals surface area contributed by atoms with E-state index in [9.17, 15) is 14.4 Å². The highest BCUT2D eigenvalue weighted by molar-refractivity contribution is 6.11. The summed E-state index contributed by atoms with van der Waals surface area (Å²) >= 11 is 0. The van der Waals surface area contributed by atoms with E-state index in [0.29, 0.717) is 16.7 Å². The molecule has 1 atom stereocenters. The van der Waals surface area contributed by atoms with Crippen LogP contribution in [0.25, 0.3) is 5.69 Å². The van der Waals surface area contributed by atoms with Crippen LogP contribution in [0.1, 0.15) is 45.4 Å². The fourth-order valence-corrected chi connectivity index (χ4v) is 4.28. The van der Waals surface area contributed by atoms with E-state index in [1.165, 1.54) is 0 Å². The first-order valence-electron chi connectivity index (χ1n) is 10.6. The van der Waals surface area contributed by atoms with E-state index in [-0.39, 0.29) is 12.3 Å². The van der Waals surface area contributed by atoms with Crippen LogP contribution in [0.5, 0.6) is 0 Å². The number of carbonyl (C=O) groups is 3. The number of hydrogen-bond donors (Lipinski definition) is 1. The number of hydrogen-bond acceptors (Lipinski definition) is 4. The Bertz CT molecular complexity index is 1310. The second-order valence-electron chi connectivity index (χ2n) is 8.51. The van der Waals surface area contributed by atoms with Gasteiger partial charge in [-0.2, -0.15) is 5.26 Å². The SMILES string of the molecule is Cc1ccc(-n2c(C)cc(C(=O)CN3C(=O)NC(C)(c4ccc(C#N)cc4)C3=O)c2C)cc1. The van der Waals surface area contributed by atoms with Crippen molar-refractivity contribution in [2.75, 3.05) is 6.54 Å². The number of nitrogens with zero attached hydrogens (tertiary/aromatic N) is 3. The second kappa shape index (κ2) is 8.06. The van der Waals surface area contributed by atoms with Gasteiger partial charge in [-0.15, -0.1) is 0 Å². The highest BCUT2D eigenvalue weighted by Crippen LogP contribution is 2.30. The molecule has 3 amide bonds. The Morgan fingerprint density at radius 1 is 1.03 bits per heavy atom. The molecule has 2 heterocycles. The number of carbonyl (C=O) groups excluding carboxylic acids is 3. The molecule has 33 heavy (non-hydrogen) atoms. The van der Waals surface area contributed by atoms with Gasteiger partial charge in [0.15, 0.2) is 5.78 Å². The number of benzene rings is 2. The van der Waals surface area contributed by atoms with Gasteiger partial charge >= 0.3 is 6.03 Å². The summed E-state index contributed by atoms with van der Waals surface area (Å²) in [7, 11) is 0. The van der Waals surface area contributed by atoms with Crippen molar-refractivity contribution in [1.82, 2.24) is 14.8 Å². The van der Waals surface area contributed by atoms with Crippen LogP contribution in [-0.2, 0) is 10.3 Å². The number of rotatable bonds is 5. The zero-order valence-electron chi connectivity index (χ0n) is 19.0. The first-order valence-corrected chi connectivity index (χ1v) is 10.6. The van der Waals surface area contributed by atoms with E-state index in [0.717, 1.165) is 27.5 Å². The molecule has 0 radical (unpaired) electrons. The molecule has 0 aliphatic carbocycles. The average molecular weight is 441 g/mol. The third kappa shape index (κ3) is 3.70. The van der Waals surface area contributed by atoms with Gasteiger partial charge < -0.3 is 9.88 Å². The molecule has 1 unspecified atom stereocenters. The van der Waals surface area contributed by atoms with Gasteiger partial charge in [0, 0.05) is 22.6 Å². The number of nitriles is 1. The Kier molecular flexibility index (Phi) is 5.38. The van der Waals surface area contributed by atoms with Crippen LogP contribution in [0.2, 0.25) is 0 Å². The maximum atomic E-state index is 13.2. The van der Waals surface area contributed by atoms with E-state index < -0.39 is 17.5 Å².